The van der Waals surface area contributed by atoms with Gasteiger partial charge in [-0.05, 0) is 24.8 Å². The lowest BCUT2D eigenvalue weighted by molar-refractivity contribution is 0.146. The summed E-state index contributed by atoms with van der Waals surface area (Å²) in [4.78, 5) is 2.24. The van der Waals surface area contributed by atoms with Crippen LogP contribution in [0.4, 0.5) is 0 Å². The summed E-state index contributed by atoms with van der Waals surface area (Å²) in [6.45, 7) is 6.02. The second-order valence-corrected chi connectivity index (χ2v) is 9.67. The highest BCUT2D eigenvalue weighted by Crippen LogP contribution is 2.39. The van der Waals surface area contributed by atoms with E-state index in [1.165, 1.54) is 31.9 Å². The maximum Gasteiger partial charge on any atom is 0.164 e. The Balaban J connectivity index is 2.07. The molecule has 2 fully saturated rings. The molecule has 1 heterocycles. The molecule has 6 heteroatoms. The van der Waals surface area contributed by atoms with Crippen LogP contribution in [0.5, 0.6) is 0 Å². The third-order valence-electron chi connectivity index (χ3n) is 4.64. The molecule has 2 rings (SSSR count). The van der Waals surface area contributed by atoms with Crippen LogP contribution < -0.4 is 5.32 Å². The smallest absolute Gasteiger partial charge is 0.164 e. The summed E-state index contributed by atoms with van der Waals surface area (Å²) in [5, 5.41) is 3.22. The highest BCUT2D eigenvalue weighted by Gasteiger charge is 2.39. The summed E-state index contributed by atoms with van der Waals surface area (Å²) in [6.07, 6.45) is 6.44. The molecule has 20 heavy (non-hydrogen) atoms. The Bertz CT molecular complexity index is 405. The third-order valence-corrected chi connectivity index (χ3v) is 7.32. The molecule has 0 radical (unpaired) electrons. The van der Waals surface area contributed by atoms with Gasteiger partial charge in [0.05, 0.1) is 0 Å². The first kappa shape index (κ1) is 16.6. The topological polar surface area (TPSA) is 49.4 Å². The van der Waals surface area contributed by atoms with E-state index in [0.717, 1.165) is 37.7 Å². The summed E-state index contributed by atoms with van der Waals surface area (Å²) in [7, 11) is -2.98. The van der Waals surface area contributed by atoms with Gasteiger partial charge in [-0.25, -0.2) is 8.42 Å². The normalized spacial score (nSPS) is 27.8. The number of nitrogens with one attached hydrogen (secondary N) is 1. The second-order valence-electron chi connectivity index (χ2n) is 6.32. The quantitative estimate of drug-likeness (QED) is 0.805. The fourth-order valence-electron chi connectivity index (χ4n) is 3.53. The van der Waals surface area contributed by atoms with Crippen LogP contribution in [-0.2, 0) is 9.84 Å². The van der Waals surface area contributed by atoms with E-state index < -0.39 is 9.84 Å². The number of hydrogen-bond donors (Lipinski definition) is 1. The minimum Gasteiger partial charge on any atom is -0.316 e. The van der Waals surface area contributed by atoms with E-state index in [2.05, 4.69) is 17.1 Å². The SMILES string of the molecule is CCNCC1(CN2CCSCC2S(C)(=O)=O)CCCC1. The largest absolute Gasteiger partial charge is 0.316 e. The van der Waals surface area contributed by atoms with E-state index >= 15 is 0 Å². The Kier molecular flexibility index (Phi) is 5.79. The maximum atomic E-state index is 12.0. The van der Waals surface area contributed by atoms with E-state index in [9.17, 15) is 8.42 Å². The molecule has 0 aromatic carbocycles. The van der Waals surface area contributed by atoms with E-state index in [-0.39, 0.29) is 5.37 Å². The van der Waals surface area contributed by atoms with Crippen molar-refractivity contribution in [2.45, 2.75) is 38.0 Å². The van der Waals surface area contributed by atoms with Crippen LogP contribution in [-0.4, -0.2) is 62.6 Å². The lowest BCUT2D eigenvalue weighted by Gasteiger charge is -2.41. The molecule has 1 saturated carbocycles. The third kappa shape index (κ3) is 4.12. The Hall–Kier alpha value is 0.220. The average Bonchev–Trinajstić information content (AvgIpc) is 2.85. The van der Waals surface area contributed by atoms with Gasteiger partial charge in [-0.1, -0.05) is 19.8 Å². The Labute approximate surface area is 128 Å². The van der Waals surface area contributed by atoms with Crippen molar-refractivity contribution in [2.75, 3.05) is 43.9 Å². The van der Waals surface area contributed by atoms with Crippen molar-refractivity contribution < 1.29 is 8.42 Å². The zero-order valence-electron chi connectivity index (χ0n) is 12.7. The lowest BCUT2D eigenvalue weighted by Crippen LogP contribution is -2.52. The van der Waals surface area contributed by atoms with Crippen molar-refractivity contribution in [3.8, 4) is 0 Å². The molecular weight excluding hydrogens is 292 g/mol. The molecular formula is C14H28N2O2S2. The number of hydrogen-bond acceptors (Lipinski definition) is 5. The van der Waals surface area contributed by atoms with Gasteiger partial charge in [-0.2, -0.15) is 11.8 Å². The maximum absolute atomic E-state index is 12.0. The molecule has 1 unspecified atom stereocenters. The van der Waals surface area contributed by atoms with Crippen molar-refractivity contribution in [3.63, 3.8) is 0 Å². The zero-order chi connectivity index (χ0) is 14.6. The lowest BCUT2D eigenvalue weighted by atomic mass is 9.85. The summed E-state index contributed by atoms with van der Waals surface area (Å²) in [6, 6.07) is 0. The minimum absolute atomic E-state index is 0.277. The fraction of sp³-hybridized carbons (Fsp3) is 1.00. The first-order chi connectivity index (χ1) is 9.47. The highest BCUT2D eigenvalue weighted by molar-refractivity contribution is 8.00. The highest BCUT2D eigenvalue weighted by atomic mass is 32.2. The van der Waals surface area contributed by atoms with Gasteiger partial charge < -0.3 is 5.32 Å². The molecule has 0 spiro atoms. The van der Waals surface area contributed by atoms with E-state index in [4.69, 9.17) is 0 Å². The van der Waals surface area contributed by atoms with Gasteiger partial charge in [0.25, 0.3) is 0 Å². The first-order valence-electron chi connectivity index (χ1n) is 7.68. The van der Waals surface area contributed by atoms with Gasteiger partial charge in [0.2, 0.25) is 0 Å². The molecule has 1 aliphatic heterocycles. The first-order valence-corrected chi connectivity index (χ1v) is 10.8. The Morgan fingerprint density at radius 2 is 2.05 bits per heavy atom. The number of nitrogens with zero attached hydrogens (tertiary/aromatic N) is 1. The van der Waals surface area contributed by atoms with Crippen molar-refractivity contribution in [1.29, 1.82) is 0 Å². The van der Waals surface area contributed by atoms with Crippen molar-refractivity contribution in [1.82, 2.24) is 10.2 Å². The predicted octanol–water partition coefficient (Wildman–Crippen LogP) is 1.58. The van der Waals surface area contributed by atoms with Gasteiger partial charge in [0.15, 0.2) is 9.84 Å². The van der Waals surface area contributed by atoms with E-state index in [1.807, 2.05) is 0 Å². The van der Waals surface area contributed by atoms with Crippen LogP contribution in [0, 0.1) is 5.41 Å². The van der Waals surface area contributed by atoms with Gasteiger partial charge in [-0.3, -0.25) is 4.90 Å². The van der Waals surface area contributed by atoms with Crippen LogP contribution in [0.1, 0.15) is 32.6 Å². The van der Waals surface area contributed by atoms with Crippen LogP contribution in [0.3, 0.4) is 0 Å². The standard InChI is InChI=1S/C14H28N2O2S2/c1-3-15-11-14(6-4-5-7-14)12-16-8-9-19-10-13(16)20(2,17)18/h13,15H,3-12H2,1-2H3. The van der Waals surface area contributed by atoms with Crippen LogP contribution >= 0.6 is 11.8 Å². The Morgan fingerprint density at radius 3 is 2.65 bits per heavy atom. The minimum atomic E-state index is -2.98. The number of thioether (sulfide) groups is 1. The second kappa shape index (κ2) is 6.99. The van der Waals surface area contributed by atoms with Gasteiger partial charge in [0, 0.05) is 37.4 Å². The molecule has 0 aromatic heterocycles. The molecule has 1 aliphatic carbocycles. The predicted molar refractivity (Wildman–Crippen MR) is 87.0 cm³/mol. The molecule has 0 amide bonds. The van der Waals surface area contributed by atoms with Gasteiger partial charge in [-0.15, -0.1) is 0 Å². The van der Waals surface area contributed by atoms with Gasteiger partial charge >= 0.3 is 0 Å². The van der Waals surface area contributed by atoms with Crippen LogP contribution in [0.2, 0.25) is 0 Å². The van der Waals surface area contributed by atoms with Crippen molar-refractivity contribution >= 4 is 21.6 Å². The molecule has 1 N–H and O–H groups in total. The molecule has 0 aromatic rings. The van der Waals surface area contributed by atoms with E-state index in [1.54, 1.807) is 11.8 Å². The van der Waals surface area contributed by atoms with Crippen LogP contribution in [0.15, 0.2) is 0 Å². The van der Waals surface area contributed by atoms with Crippen molar-refractivity contribution in [2.24, 2.45) is 5.41 Å². The van der Waals surface area contributed by atoms with Gasteiger partial charge in [0.1, 0.15) is 5.37 Å². The fourth-order valence-corrected chi connectivity index (χ4v) is 6.47. The summed E-state index contributed by atoms with van der Waals surface area (Å²) < 4.78 is 24.0. The average molecular weight is 321 g/mol. The van der Waals surface area contributed by atoms with E-state index in [0.29, 0.717) is 5.41 Å². The summed E-state index contributed by atoms with van der Waals surface area (Å²) >= 11 is 1.77. The number of rotatable bonds is 6. The molecule has 1 atom stereocenters. The monoisotopic (exact) mass is 320 g/mol. The van der Waals surface area contributed by atoms with Crippen LogP contribution in [0.25, 0.3) is 0 Å². The van der Waals surface area contributed by atoms with Crippen molar-refractivity contribution in [3.05, 3.63) is 0 Å². The molecule has 2 aliphatic rings. The summed E-state index contributed by atoms with van der Waals surface area (Å²) in [5.74, 6) is 1.79. The molecule has 4 nitrogen and oxygen atoms in total. The molecule has 118 valence electrons. The Morgan fingerprint density at radius 1 is 1.35 bits per heavy atom. The zero-order valence-corrected chi connectivity index (χ0v) is 14.4. The number of sulfone groups is 1. The molecule has 1 saturated heterocycles. The summed E-state index contributed by atoms with van der Waals surface area (Å²) in [5.41, 5.74) is 0.293. The molecule has 0 bridgehead atoms.